The van der Waals surface area contributed by atoms with Gasteiger partial charge in [-0.2, -0.15) is 11.3 Å². The van der Waals surface area contributed by atoms with E-state index >= 15 is 0 Å². The molecule has 0 saturated heterocycles. The van der Waals surface area contributed by atoms with Gasteiger partial charge in [0.15, 0.2) is 0 Å². The lowest BCUT2D eigenvalue weighted by Crippen LogP contribution is -2.26. The zero-order valence-electron chi connectivity index (χ0n) is 10.6. The number of anilines is 1. The molecule has 3 nitrogen and oxygen atoms in total. The van der Waals surface area contributed by atoms with Gasteiger partial charge in [0.25, 0.3) is 0 Å². The summed E-state index contributed by atoms with van der Waals surface area (Å²) in [5.41, 5.74) is 2.19. The first kappa shape index (κ1) is 14.4. The highest BCUT2D eigenvalue weighted by Gasteiger charge is 2.07. The van der Waals surface area contributed by atoms with Crippen molar-refractivity contribution in [3.05, 3.63) is 45.1 Å². The predicted molar refractivity (Wildman–Crippen MR) is 83.2 cm³/mol. The van der Waals surface area contributed by atoms with Gasteiger partial charge in [0.05, 0.1) is 4.47 Å². The third-order valence-electron chi connectivity index (χ3n) is 2.58. The van der Waals surface area contributed by atoms with E-state index in [1.54, 1.807) is 11.3 Å². The highest BCUT2D eigenvalue weighted by molar-refractivity contribution is 9.10. The van der Waals surface area contributed by atoms with Crippen molar-refractivity contribution in [2.24, 2.45) is 0 Å². The fourth-order valence-electron chi connectivity index (χ4n) is 1.57. The molecule has 5 heteroatoms. The molecule has 2 rings (SSSR count). The molecule has 0 aliphatic carbocycles. The number of halogens is 1. The van der Waals surface area contributed by atoms with Gasteiger partial charge in [0.1, 0.15) is 18.5 Å². The molecular weight excluding hydrogens is 326 g/mol. The van der Waals surface area contributed by atoms with Crippen LogP contribution in [0.1, 0.15) is 5.56 Å². The van der Waals surface area contributed by atoms with Crippen molar-refractivity contribution in [3.8, 4) is 5.75 Å². The second-order valence-corrected chi connectivity index (χ2v) is 5.93. The van der Waals surface area contributed by atoms with Crippen molar-refractivity contribution in [1.29, 1.82) is 0 Å². The Bertz CT molecular complexity index is 516. The topological polar surface area (TPSA) is 41.5 Å². The van der Waals surface area contributed by atoms with E-state index in [4.69, 9.17) is 4.74 Å². The number of aliphatic hydroxyl groups excluding tert-OH is 1. The van der Waals surface area contributed by atoms with Crippen LogP contribution in [0.5, 0.6) is 5.75 Å². The Kier molecular flexibility index (Phi) is 5.24. The minimum absolute atomic E-state index is 0.263. The van der Waals surface area contributed by atoms with E-state index in [0.717, 1.165) is 15.9 Å². The molecule has 0 fully saturated rings. The normalized spacial score (nSPS) is 12.2. The van der Waals surface area contributed by atoms with E-state index in [1.807, 2.05) is 41.9 Å². The van der Waals surface area contributed by atoms with E-state index < -0.39 is 6.10 Å². The first-order valence-electron chi connectivity index (χ1n) is 5.98. The first-order valence-corrected chi connectivity index (χ1v) is 7.72. The second-order valence-electron chi connectivity index (χ2n) is 4.29. The van der Waals surface area contributed by atoms with E-state index in [-0.39, 0.29) is 6.61 Å². The van der Waals surface area contributed by atoms with Crippen LogP contribution in [0.4, 0.5) is 5.69 Å². The van der Waals surface area contributed by atoms with Crippen LogP contribution in [0.2, 0.25) is 0 Å². The molecule has 2 N–H and O–H groups in total. The van der Waals surface area contributed by atoms with Crippen LogP contribution in [0.25, 0.3) is 0 Å². The number of hydrogen-bond acceptors (Lipinski definition) is 4. The van der Waals surface area contributed by atoms with E-state index in [1.165, 1.54) is 5.56 Å². The lowest BCUT2D eigenvalue weighted by molar-refractivity contribution is 0.117. The van der Waals surface area contributed by atoms with E-state index in [2.05, 4.69) is 21.2 Å². The van der Waals surface area contributed by atoms with Crippen molar-refractivity contribution in [2.45, 2.75) is 13.0 Å². The Labute approximate surface area is 125 Å². The summed E-state index contributed by atoms with van der Waals surface area (Å²) in [7, 11) is 0. The predicted octanol–water partition coefficient (Wildman–Crippen LogP) is 3.67. The molecule has 0 aliphatic rings. The van der Waals surface area contributed by atoms with Crippen molar-refractivity contribution in [2.75, 3.05) is 18.5 Å². The van der Waals surface area contributed by atoms with E-state index in [9.17, 15) is 5.11 Å². The standard InChI is InChI=1S/C14H16BrNO2S/c1-10-2-3-14(13(15)6-10)18-8-12(17)7-16-11-4-5-19-9-11/h2-6,9,12,16-17H,7-8H2,1H3. The average molecular weight is 342 g/mol. The van der Waals surface area contributed by atoms with Crippen molar-refractivity contribution >= 4 is 33.0 Å². The Hall–Kier alpha value is -1.04. The zero-order valence-corrected chi connectivity index (χ0v) is 13.0. The lowest BCUT2D eigenvalue weighted by Gasteiger charge is -2.14. The van der Waals surface area contributed by atoms with Gasteiger partial charge >= 0.3 is 0 Å². The van der Waals surface area contributed by atoms with Crippen LogP contribution in [0, 0.1) is 6.92 Å². The Morgan fingerprint density at radius 3 is 2.95 bits per heavy atom. The average Bonchev–Trinajstić information content (AvgIpc) is 2.88. The summed E-state index contributed by atoms with van der Waals surface area (Å²) < 4.78 is 6.50. The van der Waals surface area contributed by atoms with Gasteiger partial charge in [0, 0.05) is 17.6 Å². The number of aliphatic hydroxyl groups is 1. The molecule has 0 bridgehead atoms. The Morgan fingerprint density at radius 1 is 1.42 bits per heavy atom. The molecule has 0 aliphatic heterocycles. The van der Waals surface area contributed by atoms with Crippen LogP contribution in [0.15, 0.2) is 39.5 Å². The fraction of sp³-hybridized carbons (Fsp3) is 0.286. The summed E-state index contributed by atoms with van der Waals surface area (Å²) in [5, 5.41) is 17.0. The number of rotatable bonds is 6. The van der Waals surface area contributed by atoms with Crippen molar-refractivity contribution < 1.29 is 9.84 Å². The molecule has 0 saturated carbocycles. The van der Waals surface area contributed by atoms with Gasteiger partial charge in [-0.15, -0.1) is 0 Å². The van der Waals surface area contributed by atoms with Crippen LogP contribution in [-0.4, -0.2) is 24.4 Å². The number of aryl methyl sites for hydroxylation is 1. The number of hydrogen-bond donors (Lipinski definition) is 2. The SMILES string of the molecule is Cc1ccc(OCC(O)CNc2ccsc2)c(Br)c1. The molecule has 1 unspecified atom stereocenters. The second kappa shape index (κ2) is 6.93. The van der Waals surface area contributed by atoms with Crippen LogP contribution < -0.4 is 10.1 Å². The summed E-state index contributed by atoms with van der Waals surface area (Å²) in [6.45, 7) is 2.76. The smallest absolute Gasteiger partial charge is 0.133 e. The maximum Gasteiger partial charge on any atom is 0.133 e. The summed E-state index contributed by atoms with van der Waals surface area (Å²) in [5.74, 6) is 0.750. The molecular formula is C14H16BrNO2S. The quantitative estimate of drug-likeness (QED) is 0.842. The Morgan fingerprint density at radius 2 is 2.26 bits per heavy atom. The Balaban J connectivity index is 1.78. The summed E-state index contributed by atoms with van der Waals surface area (Å²) >= 11 is 5.07. The van der Waals surface area contributed by atoms with Gasteiger partial charge in [0.2, 0.25) is 0 Å². The van der Waals surface area contributed by atoms with Crippen LogP contribution in [0.3, 0.4) is 0 Å². The third kappa shape index (κ3) is 4.53. The fourth-order valence-corrected chi connectivity index (χ4v) is 2.79. The largest absolute Gasteiger partial charge is 0.490 e. The van der Waals surface area contributed by atoms with Gasteiger partial charge in [-0.1, -0.05) is 6.07 Å². The van der Waals surface area contributed by atoms with Crippen LogP contribution in [-0.2, 0) is 0 Å². The van der Waals surface area contributed by atoms with Crippen LogP contribution >= 0.6 is 27.3 Å². The molecule has 2 aromatic rings. The number of benzene rings is 1. The van der Waals surface area contributed by atoms with E-state index in [0.29, 0.717) is 6.54 Å². The van der Waals surface area contributed by atoms with Crippen molar-refractivity contribution in [1.82, 2.24) is 0 Å². The van der Waals surface area contributed by atoms with Gasteiger partial charge < -0.3 is 15.2 Å². The molecule has 1 atom stereocenters. The highest BCUT2D eigenvalue weighted by Crippen LogP contribution is 2.25. The van der Waals surface area contributed by atoms with Crippen molar-refractivity contribution in [3.63, 3.8) is 0 Å². The maximum atomic E-state index is 9.86. The van der Waals surface area contributed by atoms with Gasteiger partial charge in [-0.3, -0.25) is 0 Å². The molecule has 0 radical (unpaired) electrons. The monoisotopic (exact) mass is 341 g/mol. The first-order chi connectivity index (χ1) is 9.15. The molecule has 19 heavy (non-hydrogen) atoms. The maximum absolute atomic E-state index is 9.86. The van der Waals surface area contributed by atoms with Gasteiger partial charge in [-0.25, -0.2) is 0 Å². The molecule has 0 amide bonds. The molecule has 102 valence electrons. The molecule has 1 aromatic carbocycles. The zero-order chi connectivity index (χ0) is 13.7. The molecule has 0 spiro atoms. The van der Waals surface area contributed by atoms with Gasteiger partial charge in [-0.05, 0) is 52.0 Å². The third-order valence-corrected chi connectivity index (χ3v) is 3.88. The number of thiophene rings is 1. The summed E-state index contributed by atoms with van der Waals surface area (Å²) in [4.78, 5) is 0. The lowest BCUT2D eigenvalue weighted by atomic mass is 10.2. The minimum Gasteiger partial charge on any atom is -0.490 e. The number of ether oxygens (including phenoxy) is 1. The molecule has 1 heterocycles. The summed E-state index contributed by atoms with van der Waals surface area (Å²) in [6.07, 6.45) is -0.548. The number of nitrogens with one attached hydrogen (secondary N) is 1. The highest BCUT2D eigenvalue weighted by atomic mass is 79.9. The minimum atomic E-state index is -0.548. The summed E-state index contributed by atoms with van der Waals surface area (Å²) in [6, 6.07) is 7.86. The molecule has 1 aromatic heterocycles.